The van der Waals surface area contributed by atoms with Gasteiger partial charge in [0.2, 0.25) is 5.91 Å². The molecule has 1 atom stereocenters. The predicted octanol–water partition coefficient (Wildman–Crippen LogP) is 0.853. The maximum atomic E-state index is 11.7. The molecule has 1 aliphatic rings. The van der Waals surface area contributed by atoms with Crippen LogP contribution >= 0.6 is 0 Å². The largest absolute Gasteiger partial charge is 0.343 e. The molecule has 1 fully saturated rings. The lowest BCUT2D eigenvalue weighted by Gasteiger charge is -2.33. The number of carbonyl (C=O) groups is 1. The molecule has 0 aromatic carbocycles. The smallest absolute Gasteiger partial charge is 0.239 e. The fourth-order valence-electron chi connectivity index (χ4n) is 1.64. The van der Waals surface area contributed by atoms with Crippen LogP contribution in [-0.2, 0) is 4.79 Å². The number of piperazine rings is 1. The highest BCUT2D eigenvalue weighted by Gasteiger charge is 2.29. The Kier molecular flexibility index (Phi) is 2.96. The number of likely N-dealkylation sites (N-methyl/N-ethyl adjacent to an activating group) is 1. The van der Waals surface area contributed by atoms with Gasteiger partial charge < -0.3 is 10.2 Å². The SMILES string of the molecule is CN1CCNC(CC(C)(C)C)C1=O. The van der Waals surface area contributed by atoms with Gasteiger partial charge in [-0.1, -0.05) is 20.8 Å². The van der Waals surface area contributed by atoms with Crippen molar-refractivity contribution in [3.05, 3.63) is 0 Å². The van der Waals surface area contributed by atoms with Crippen molar-refractivity contribution >= 4 is 5.91 Å². The number of carbonyl (C=O) groups excluding carboxylic acids is 1. The summed E-state index contributed by atoms with van der Waals surface area (Å²) in [5.41, 5.74) is 0.214. The minimum Gasteiger partial charge on any atom is -0.343 e. The average Bonchev–Trinajstić information content (AvgIpc) is 1.96. The molecule has 76 valence electrons. The minimum absolute atomic E-state index is 0.0266. The molecule has 0 radical (unpaired) electrons. The highest BCUT2D eigenvalue weighted by Crippen LogP contribution is 2.22. The molecule has 1 heterocycles. The van der Waals surface area contributed by atoms with Crippen LogP contribution in [0.2, 0.25) is 0 Å². The zero-order valence-electron chi connectivity index (χ0n) is 9.05. The molecule has 0 aromatic heterocycles. The molecule has 3 heteroatoms. The molecule has 0 aromatic rings. The topological polar surface area (TPSA) is 32.3 Å². The number of nitrogens with one attached hydrogen (secondary N) is 1. The highest BCUT2D eigenvalue weighted by molar-refractivity contribution is 5.82. The Bertz CT molecular complexity index is 196. The van der Waals surface area contributed by atoms with Gasteiger partial charge in [-0.05, 0) is 11.8 Å². The second-order valence-electron chi connectivity index (χ2n) is 5.03. The van der Waals surface area contributed by atoms with E-state index in [0.29, 0.717) is 0 Å². The monoisotopic (exact) mass is 184 g/mol. The lowest BCUT2D eigenvalue weighted by atomic mass is 9.87. The molecule has 1 rings (SSSR count). The van der Waals surface area contributed by atoms with Crippen molar-refractivity contribution in [3.63, 3.8) is 0 Å². The van der Waals surface area contributed by atoms with Crippen LogP contribution in [0, 0.1) is 5.41 Å². The van der Waals surface area contributed by atoms with Crippen LogP contribution < -0.4 is 5.32 Å². The van der Waals surface area contributed by atoms with E-state index in [2.05, 4.69) is 26.1 Å². The maximum absolute atomic E-state index is 11.7. The van der Waals surface area contributed by atoms with E-state index in [1.807, 2.05) is 11.9 Å². The quantitative estimate of drug-likeness (QED) is 0.655. The third kappa shape index (κ3) is 2.99. The summed E-state index contributed by atoms with van der Waals surface area (Å²) < 4.78 is 0. The summed E-state index contributed by atoms with van der Waals surface area (Å²) in [6.07, 6.45) is 0.913. The van der Waals surface area contributed by atoms with Crippen molar-refractivity contribution in [2.45, 2.75) is 33.2 Å². The molecular weight excluding hydrogens is 164 g/mol. The maximum Gasteiger partial charge on any atom is 0.239 e. The number of amides is 1. The molecule has 0 spiro atoms. The molecule has 1 amide bonds. The van der Waals surface area contributed by atoms with E-state index in [-0.39, 0.29) is 17.4 Å². The number of rotatable bonds is 1. The van der Waals surface area contributed by atoms with Crippen molar-refractivity contribution in [2.24, 2.45) is 5.41 Å². The first-order valence-electron chi connectivity index (χ1n) is 4.88. The molecule has 13 heavy (non-hydrogen) atoms. The molecule has 1 unspecified atom stereocenters. The van der Waals surface area contributed by atoms with Crippen molar-refractivity contribution in [1.29, 1.82) is 0 Å². The van der Waals surface area contributed by atoms with Gasteiger partial charge in [0, 0.05) is 20.1 Å². The van der Waals surface area contributed by atoms with Crippen LogP contribution in [0.1, 0.15) is 27.2 Å². The summed E-state index contributed by atoms with van der Waals surface area (Å²) in [5, 5.41) is 3.26. The zero-order chi connectivity index (χ0) is 10.1. The number of nitrogens with zero attached hydrogens (tertiary/aromatic N) is 1. The van der Waals surface area contributed by atoms with Crippen LogP contribution in [-0.4, -0.2) is 37.0 Å². The van der Waals surface area contributed by atoms with Gasteiger partial charge in [0.25, 0.3) is 0 Å². The van der Waals surface area contributed by atoms with Gasteiger partial charge >= 0.3 is 0 Å². The first kappa shape index (κ1) is 10.5. The van der Waals surface area contributed by atoms with Crippen LogP contribution in [0.15, 0.2) is 0 Å². The van der Waals surface area contributed by atoms with Crippen molar-refractivity contribution in [3.8, 4) is 0 Å². The second-order valence-corrected chi connectivity index (χ2v) is 5.03. The Morgan fingerprint density at radius 1 is 1.54 bits per heavy atom. The van der Waals surface area contributed by atoms with Crippen molar-refractivity contribution < 1.29 is 4.79 Å². The summed E-state index contributed by atoms with van der Waals surface area (Å²) in [7, 11) is 1.87. The highest BCUT2D eigenvalue weighted by atomic mass is 16.2. The predicted molar refractivity (Wildman–Crippen MR) is 53.5 cm³/mol. The number of hydrogen-bond donors (Lipinski definition) is 1. The van der Waals surface area contributed by atoms with E-state index >= 15 is 0 Å². The van der Waals surface area contributed by atoms with Crippen LogP contribution in [0.5, 0.6) is 0 Å². The lowest BCUT2D eigenvalue weighted by molar-refractivity contribution is -0.135. The Labute approximate surface area is 80.5 Å². The van der Waals surface area contributed by atoms with Gasteiger partial charge in [0.1, 0.15) is 0 Å². The zero-order valence-corrected chi connectivity index (χ0v) is 9.05. The molecule has 0 bridgehead atoms. The average molecular weight is 184 g/mol. The van der Waals surface area contributed by atoms with Gasteiger partial charge in [-0.25, -0.2) is 0 Å². The molecule has 3 nitrogen and oxygen atoms in total. The molecular formula is C10H20N2O. The van der Waals surface area contributed by atoms with E-state index < -0.39 is 0 Å². The van der Waals surface area contributed by atoms with Gasteiger partial charge in [-0.2, -0.15) is 0 Å². The molecule has 1 saturated heterocycles. The normalized spacial score (nSPS) is 25.1. The summed E-state index contributed by atoms with van der Waals surface area (Å²) in [5.74, 6) is 0.237. The number of hydrogen-bond acceptors (Lipinski definition) is 2. The van der Waals surface area contributed by atoms with E-state index in [0.717, 1.165) is 19.5 Å². The second kappa shape index (κ2) is 3.66. The molecule has 1 aliphatic heterocycles. The van der Waals surface area contributed by atoms with E-state index in [9.17, 15) is 4.79 Å². The fraction of sp³-hybridized carbons (Fsp3) is 0.900. The molecule has 0 aliphatic carbocycles. The van der Waals surface area contributed by atoms with Crippen LogP contribution in [0.4, 0.5) is 0 Å². The fourth-order valence-corrected chi connectivity index (χ4v) is 1.64. The van der Waals surface area contributed by atoms with Crippen LogP contribution in [0.25, 0.3) is 0 Å². The van der Waals surface area contributed by atoms with Crippen molar-refractivity contribution in [2.75, 3.05) is 20.1 Å². The summed E-state index contributed by atoms with van der Waals surface area (Å²) in [6.45, 7) is 8.24. The summed E-state index contributed by atoms with van der Waals surface area (Å²) >= 11 is 0. The minimum atomic E-state index is 0.0266. The Morgan fingerprint density at radius 2 is 2.15 bits per heavy atom. The lowest BCUT2D eigenvalue weighted by Crippen LogP contribution is -2.54. The third-order valence-corrected chi connectivity index (χ3v) is 2.33. The first-order valence-corrected chi connectivity index (χ1v) is 4.88. The van der Waals surface area contributed by atoms with Gasteiger partial charge in [-0.15, -0.1) is 0 Å². The summed E-state index contributed by atoms with van der Waals surface area (Å²) in [4.78, 5) is 13.5. The van der Waals surface area contributed by atoms with Gasteiger partial charge in [-0.3, -0.25) is 4.79 Å². The Balaban J connectivity index is 2.54. The third-order valence-electron chi connectivity index (χ3n) is 2.33. The van der Waals surface area contributed by atoms with Crippen molar-refractivity contribution in [1.82, 2.24) is 10.2 Å². The van der Waals surface area contributed by atoms with E-state index in [1.54, 1.807) is 0 Å². The molecule has 0 saturated carbocycles. The van der Waals surface area contributed by atoms with E-state index in [1.165, 1.54) is 0 Å². The standard InChI is InChI=1S/C10H20N2O/c1-10(2,3)7-8-9(13)12(4)6-5-11-8/h8,11H,5-7H2,1-4H3. The Morgan fingerprint density at radius 3 is 2.69 bits per heavy atom. The first-order chi connectivity index (χ1) is 5.90. The van der Waals surface area contributed by atoms with E-state index in [4.69, 9.17) is 0 Å². The van der Waals surface area contributed by atoms with Gasteiger partial charge in [0.05, 0.1) is 6.04 Å². The Hall–Kier alpha value is -0.570. The van der Waals surface area contributed by atoms with Crippen LogP contribution in [0.3, 0.4) is 0 Å². The van der Waals surface area contributed by atoms with Gasteiger partial charge in [0.15, 0.2) is 0 Å². The molecule has 1 N–H and O–H groups in total. The summed E-state index contributed by atoms with van der Waals surface area (Å²) in [6, 6.07) is 0.0266.